The minimum atomic E-state index is -1.29. The number of carbonyl (C=O) groups is 3. The van der Waals surface area contributed by atoms with Gasteiger partial charge in [0.25, 0.3) is 5.91 Å². The smallest absolute Gasteiger partial charge is 0.335 e. The van der Waals surface area contributed by atoms with Crippen molar-refractivity contribution >= 4 is 57.9 Å². The second kappa shape index (κ2) is 6.77. The van der Waals surface area contributed by atoms with E-state index in [0.717, 1.165) is 28.4 Å². The minimum absolute atomic E-state index is 0.111. The van der Waals surface area contributed by atoms with Crippen LogP contribution in [0.15, 0.2) is 41.4 Å². The maximum Gasteiger partial charge on any atom is 0.335 e. The molecule has 1 amide bonds. The summed E-state index contributed by atoms with van der Waals surface area (Å²) in [4.78, 5) is 36.8. The molecule has 9 heteroatoms. The van der Waals surface area contributed by atoms with Crippen LogP contribution in [-0.2, 0) is 11.8 Å². The van der Waals surface area contributed by atoms with Gasteiger partial charge in [-0.3, -0.25) is 9.69 Å². The van der Waals surface area contributed by atoms with Gasteiger partial charge in [-0.05, 0) is 36.4 Å². The van der Waals surface area contributed by atoms with E-state index in [0.29, 0.717) is 4.91 Å². The fraction of sp³-hybridized carbons (Fsp3) is 0.0588. The Hall–Kier alpha value is -2.91. The first kappa shape index (κ1) is 17.9. The van der Waals surface area contributed by atoms with Gasteiger partial charge < -0.3 is 14.8 Å². The Bertz CT molecular complexity index is 961. The Labute approximate surface area is 157 Å². The normalized spacial score (nSPS) is 15.7. The molecular formula is C17H12N2O5S2. The van der Waals surface area contributed by atoms with Crippen molar-refractivity contribution in [2.24, 2.45) is 7.05 Å². The summed E-state index contributed by atoms with van der Waals surface area (Å²) < 4.78 is 2.04. The molecule has 0 atom stereocenters. The number of carbonyl (C=O) groups excluding carboxylic acids is 1. The molecule has 1 aliphatic heterocycles. The second-order valence-corrected chi connectivity index (χ2v) is 7.12. The van der Waals surface area contributed by atoms with Crippen molar-refractivity contribution in [2.45, 2.75) is 0 Å². The topological polar surface area (TPSA) is 99.8 Å². The Morgan fingerprint density at radius 3 is 2.27 bits per heavy atom. The predicted molar refractivity (Wildman–Crippen MR) is 101 cm³/mol. The van der Waals surface area contributed by atoms with Gasteiger partial charge in [-0.2, -0.15) is 0 Å². The van der Waals surface area contributed by atoms with Gasteiger partial charge >= 0.3 is 11.9 Å². The van der Waals surface area contributed by atoms with Crippen molar-refractivity contribution in [3.05, 3.63) is 58.3 Å². The van der Waals surface area contributed by atoms with Gasteiger partial charge in [0.1, 0.15) is 0 Å². The van der Waals surface area contributed by atoms with E-state index in [4.69, 9.17) is 12.2 Å². The molecule has 0 radical (unpaired) electrons. The van der Waals surface area contributed by atoms with Crippen molar-refractivity contribution in [3.63, 3.8) is 0 Å². The van der Waals surface area contributed by atoms with Crippen LogP contribution in [0.3, 0.4) is 0 Å². The number of nitrogens with zero attached hydrogens (tertiary/aromatic N) is 2. The molecule has 132 valence electrons. The van der Waals surface area contributed by atoms with Crippen LogP contribution < -0.4 is 4.90 Å². The van der Waals surface area contributed by atoms with Gasteiger partial charge in [-0.1, -0.05) is 24.0 Å². The number of aryl methyl sites for hydroxylation is 1. The minimum Gasteiger partial charge on any atom is -0.478 e. The number of hydrogen-bond donors (Lipinski definition) is 2. The van der Waals surface area contributed by atoms with Crippen LogP contribution in [0.4, 0.5) is 5.69 Å². The number of amides is 1. The summed E-state index contributed by atoms with van der Waals surface area (Å²) in [5, 5.41) is 18.4. The summed E-state index contributed by atoms with van der Waals surface area (Å²) in [6, 6.07) is 7.16. The van der Waals surface area contributed by atoms with Crippen molar-refractivity contribution in [1.82, 2.24) is 4.57 Å². The van der Waals surface area contributed by atoms with Gasteiger partial charge in [-0.15, -0.1) is 0 Å². The molecule has 0 unspecified atom stereocenters. The van der Waals surface area contributed by atoms with Gasteiger partial charge in [0.15, 0.2) is 4.32 Å². The highest BCUT2D eigenvalue weighted by Crippen LogP contribution is 2.36. The molecule has 1 aromatic heterocycles. The van der Waals surface area contributed by atoms with Crippen molar-refractivity contribution in [1.29, 1.82) is 0 Å². The number of thiocarbonyl (C=S) groups is 1. The standard InChI is InChI=1S/C17H12N2O5S2/c1-18-4-2-3-11(18)8-13-14(20)19(17(25)26-13)12-6-9(15(21)22)5-10(7-12)16(23)24/h2-8H,1H3,(H,21,22)(H,23,24)/b13-8+. The van der Waals surface area contributed by atoms with E-state index in [1.807, 2.05) is 29.9 Å². The molecule has 0 aliphatic carbocycles. The molecule has 3 rings (SSSR count). The third-order valence-corrected chi connectivity index (χ3v) is 5.03. The fourth-order valence-corrected chi connectivity index (χ4v) is 3.72. The lowest BCUT2D eigenvalue weighted by Gasteiger charge is -2.16. The van der Waals surface area contributed by atoms with Gasteiger partial charge in [0.05, 0.1) is 21.7 Å². The number of thioether (sulfide) groups is 1. The largest absolute Gasteiger partial charge is 0.478 e. The first-order valence-corrected chi connectivity index (χ1v) is 8.51. The molecule has 0 saturated carbocycles. The van der Waals surface area contributed by atoms with E-state index in [9.17, 15) is 24.6 Å². The molecule has 2 aromatic rings. The van der Waals surface area contributed by atoms with Crippen LogP contribution in [0.1, 0.15) is 26.4 Å². The molecule has 1 aromatic carbocycles. The monoisotopic (exact) mass is 388 g/mol. The van der Waals surface area contributed by atoms with Gasteiger partial charge in [0, 0.05) is 18.9 Å². The molecule has 0 bridgehead atoms. The van der Waals surface area contributed by atoms with Crippen LogP contribution in [0.5, 0.6) is 0 Å². The summed E-state index contributed by atoms with van der Waals surface area (Å²) in [6.45, 7) is 0. The highest BCUT2D eigenvalue weighted by atomic mass is 32.2. The van der Waals surface area contributed by atoms with E-state index in [1.54, 1.807) is 6.08 Å². The number of aromatic nitrogens is 1. The van der Waals surface area contributed by atoms with Crippen molar-refractivity contribution in [2.75, 3.05) is 4.90 Å². The van der Waals surface area contributed by atoms with E-state index >= 15 is 0 Å². The average molecular weight is 388 g/mol. The van der Waals surface area contributed by atoms with E-state index < -0.39 is 17.8 Å². The van der Waals surface area contributed by atoms with Crippen LogP contribution in [0.2, 0.25) is 0 Å². The Morgan fingerprint density at radius 1 is 1.15 bits per heavy atom. The molecule has 0 spiro atoms. The lowest BCUT2D eigenvalue weighted by atomic mass is 10.1. The Balaban J connectivity index is 2.04. The molecule has 1 fully saturated rings. The summed E-state index contributed by atoms with van der Waals surface area (Å²) >= 11 is 6.32. The highest BCUT2D eigenvalue weighted by Gasteiger charge is 2.34. The quantitative estimate of drug-likeness (QED) is 0.614. The van der Waals surface area contributed by atoms with Crippen LogP contribution >= 0.6 is 24.0 Å². The first-order valence-electron chi connectivity index (χ1n) is 7.29. The number of rotatable bonds is 4. The second-order valence-electron chi connectivity index (χ2n) is 5.44. The summed E-state index contributed by atoms with van der Waals surface area (Å²) in [7, 11) is 1.84. The van der Waals surface area contributed by atoms with Gasteiger partial charge in [0.2, 0.25) is 0 Å². The molecule has 2 heterocycles. The lowest BCUT2D eigenvalue weighted by Crippen LogP contribution is -2.28. The number of benzene rings is 1. The van der Waals surface area contributed by atoms with Crippen LogP contribution in [-0.4, -0.2) is 36.9 Å². The maximum absolute atomic E-state index is 12.8. The molecule has 26 heavy (non-hydrogen) atoms. The van der Waals surface area contributed by atoms with Crippen molar-refractivity contribution < 1.29 is 24.6 Å². The zero-order chi connectivity index (χ0) is 19.0. The number of aromatic carboxylic acids is 2. The highest BCUT2D eigenvalue weighted by molar-refractivity contribution is 8.27. The number of hydrogen-bond acceptors (Lipinski definition) is 5. The zero-order valence-electron chi connectivity index (χ0n) is 13.4. The Kier molecular flexibility index (Phi) is 4.66. The third-order valence-electron chi connectivity index (χ3n) is 3.73. The lowest BCUT2D eigenvalue weighted by molar-refractivity contribution is -0.113. The van der Waals surface area contributed by atoms with E-state index in [-0.39, 0.29) is 21.1 Å². The first-order chi connectivity index (χ1) is 12.3. The average Bonchev–Trinajstić information content (AvgIpc) is 3.10. The van der Waals surface area contributed by atoms with Crippen LogP contribution in [0, 0.1) is 0 Å². The molecule has 2 N–H and O–H groups in total. The summed E-state index contributed by atoms with van der Waals surface area (Å²) in [5.74, 6) is -3.02. The predicted octanol–water partition coefficient (Wildman–Crippen LogP) is 2.83. The van der Waals surface area contributed by atoms with E-state index in [2.05, 4.69) is 0 Å². The maximum atomic E-state index is 12.8. The SMILES string of the molecule is Cn1cccc1/C=C1/SC(=S)N(c2cc(C(=O)O)cc(C(=O)O)c2)C1=O. The summed E-state index contributed by atoms with van der Waals surface area (Å²) in [6.07, 6.45) is 3.51. The van der Waals surface area contributed by atoms with E-state index in [1.165, 1.54) is 12.1 Å². The van der Waals surface area contributed by atoms with Crippen LogP contribution in [0.25, 0.3) is 6.08 Å². The third kappa shape index (κ3) is 3.26. The number of carboxylic acid groups (broad SMARTS) is 2. The zero-order valence-corrected chi connectivity index (χ0v) is 15.0. The molecule has 1 aliphatic rings. The fourth-order valence-electron chi connectivity index (χ4n) is 2.44. The number of anilines is 1. The van der Waals surface area contributed by atoms with Crippen molar-refractivity contribution in [3.8, 4) is 0 Å². The van der Waals surface area contributed by atoms with Gasteiger partial charge in [-0.25, -0.2) is 9.59 Å². The Morgan fingerprint density at radius 2 is 1.77 bits per heavy atom. The number of carboxylic acids is 2. The molecular weight excluding hydrogens is 376 g/mol. The molecule has 1 saturated heterocycles. The molecule has 7 nitrogen and oxygen atoms in total. The summed E-state index contributed by atoms with van der Waals surface area (Å²) in [5.41, 5.74) is 0.442.